The molecule has 0 saturated heterocycles. The second-order valence-corrected chi connectivity index (χ2v) is 9.20. The van der Waals surface area contributed by atoms with Gasteiger partial charge in [0.05, 0.1) is 29.1 Å². The molecule has 5 aromatic rings. The number of carbonyl (C=O) groups is 1. The first-order valence-corrected chi connectivity index (χ1v) is 12.0. The number of aromatic carboxylic acids is 1. The maximum absolute atomic E-state index is 13.4. The minimum absolute atomic E-state index is 0.195. The van der Waals surface area contributed by atoms with E-state index < -0.39 is 12.0 Å². The van der Waals surface area contributed by atoms with Gasteiger partial charge in [-0.3, -0.25) is 9.36 Å². The van der Waals surface area contributed by atoms with Crippen LogP contribution in [0.5, 0.6) is 0 Å². The van der Waals surface area contributed by atoms with E-state index in [9.17, 15) is 20.4 Å². The normalized spacial score (nSPS) is 11.7. The lowest BCUT2D eigenvalue weighted by atomic mass is 10.0. The number of halogens is 1. The molecule has 38 heavy (non-hydrogen) atoms. The van der Waals surface area contributed by atoms with E-state index in [4.69, 9.17) is 11.6 Å². The number of nitriles is 1. The van der Waals surface area contributed by atoms with Crippen molar-refractivity contribution in [2.24, 2.45) is 7.05 Å². The smallest absolute Gasteiger partial charge is 0.335 e. The van der Waals surface area contributed by atoms with Crippen LogP contribution in [-0.2, 0) is 13.5 Å². The van der Waals surface area contributed by atoms with Gasteiger partial charge in [0.1, 0.15) is 6.04 Å². The van der Waals surface area contributed by atoms with Crippen molar-refractivity contribution in [3.63, 3.8) is 0 Å². The van der Waals surface area contributed by atoms with Gasteiger partial charge in [0.2, 0.25) is 5.69 Å². The number of carboxylic acids is 1. The molecule has 3 aromatic heterocycles. The van der Waals surface area contributed by atoms with Crippen LogP contribution >= 0.6 is 11.6 Å². The summed E-state index contributed by atoms with van der Waals surface area (Å²) in [5.74, 6) is -0.995. The van der Waals surface area contributed by atoms with Gasteiger partial charge >= 0.3 is 5.97 Å². The highest BCUT2D eigenvalue weighted by molar-refractivity contribution is 6.30. The number of rotatable bonds is 7. The number of benzene rings is 2. The van der Waals surface area contributed by atoms with Crippen molar-refractivity contribution in [2.45, 2.75) is 12.5 Å². The van der Waals surface area contributed by atoms with E-state index in [1.54, 1.807) is 58.0 Å². The fourth-order valence-electron chi connectivity index (χ4n) is 4.33. The van der Waals surface area contributed by atoms with E-state index in [0.717, 1.165) is 21.6 Å². The molecule has 1 N–H and O–H groups in total. The molecule has 0 amide bonds. The predicted octanol–water partition coefficient (Wildman–Crippen LogP) is 4.64. The van der Waals surface area contributed by atoms with E-state index in [-0.39, 0.29) is 5.56 Å². The van der Waals surface area contributed by atoms with Crippen molar-refractivity contribution in [3.8, 4) is 28.3 Å². The number of aromatic nitrogens is 5. The number of aryl methyl sites for hydroxylation is 1. The summed E-state index contributed by atoms with van der Waals surface area (Å²) in [6, 6.07) is 18.5. The van der Waals surface area contributed by atoms with Crippen LogP contribution in [0.1, 0.15) is 33.4 Å². The number of pyridine rings is 1. The van der Waals surface area contributed by atoms with Crippen LogP contribution in [0.3, 0.4) is 0 Å². The van der Waals surface area contributed by atoms with Crippen LogP contribution in [0.4, 0.5) is 0 Å². The zero-order valence-corrected chi connectivity index (χ0v) is 20.9. The first-order valence-electron chi connectivity index (χ1n) is 11.6. The molecule has 0 bridgehead atoms. The number of nitrogens with zero attached hydrogens (tertiary/aromatic N) is 6. The van der Waals surface area contributed by atoms with Crippen molar-refractivity contribution in [1.29, 1.82) is 5.26 Å². The topological polar surface area (TPSA) is 124 Å². The monoisotopic (exact) mass is 524 g/mol. The Morgan fingerprint density at radius 2 is 1.89 bits per heavy atom. The molecule has 0 aliphatic rings. The number of carboxylic acid groups (broad SMARTS) is 1. The average Bonchev–Trinajstić information content (AvgIpc) is 3.56. The summed E-state index contributed by atoms with van der Waals surface area (Å²) in [6.07, 6.45) is 7.17. The summed E-state index contributed by atoms with van der Waals surface area (Å²) >= 11 is 6.15. The maximum Gasteiger partial charge on any atom is 0.335 e. The Kier molecular flexibility index (Phi) is 6.64. The molecule has 10 heteroatoms. The van der Waals surface area contributed by atoms with Crippen LogP contribution in [-0.4, -0.2) is 30.6 Å². The Hall–Kier alpha value is -4.94. The zero-order chi connectivity index (χ0) is 26.8. The fourth-order valence-corrected chi connectivity index (χ4v) is 4.50. The van der Waals surface area contributed by atoms with E-state index in [1.807, 2.05) is 25.5 Å². The van der Waals surface area contributed by atoms with Gasteiger partial charge in [0.25, 0.3) is 0 Å². The summed E-state index contributed by atoms with van der Waals surface area (Å²) in [6.45, 7) is 0. The SMILES string of the molecule is Cn1ccc(C[C@H](c2ccc(-c3cc(Cl)ccc3C#N)c[n+]2[O-])n2cc(-c3ccc(C(=O)O)cc3)cn2)n1. The summed E-state index contributed by atoms with van der Waals surface area (Å²) in [4.78, 5) is 11.2. The Labute approximate surface area is 223 Å². The fraction of sp³-hybridized carbons (Fsp3) is 0.107. The van der Waals surface area contributed by atoms with E-state index >= 15 is 0 Å². The molecule has 3 heterocycles. The lowest BCUT2D eigenvalue weighted by molar-refractivity contribution is -0.615. The quantitative estimate of drug-likeness (QED) is 0.244. The molecule has 0 spiro atoms. The first-order chi connectivity index (χ1) is 18.3. The van der Waals surface area contributed by atoms with Gasteiger partial charge in [0, 0.05) is 53.6 Å². The zero-order valence-electron chi connectivity index (χ0n) is 20.2. The first kappa shape index (κ1) is 24.7. The lowest BCUT2D eigenvalue weighted by Crippen LogP contribution is -2.36. The van der Waals surface area contributed by atoms with E-state index in [2.05, 4.69) is 16.3 Å². The molecular formula is C28H21ClN6O3. The van der Waals surface area contributed by atoms with Crippen LogP contribution in [0.25, 0.3) is 22.3 Å². The average molecular weight is 525 g/mol. The minimum atomic E-state index is -0.995. The maximum atomic E-state index is 13.4. The van der Waals surface area contributed by atoms with Crippen molar-refractivity contribution >= 4 is 17.6 Å². The Morgan fingerprint density at radius 3 is 2.55 bits per heavy atom. The summed E-state index contributed by atoms with van der Waals surface area (Å²) in [5, 5.41) is 41.5. The van der Waals surface area contributed by atoms with Crippen LogP contribution in [0.15, 0.2) is 85.5 Å². The third-order valence-electron chi connectivity index (χ3n) is 6.26. The second-order valence-electron chi connectivity index (χ2n) is 8.76. The number of hydrogen-bond donors (Lipinski definition) is 1. The van der Waals surface area contributed by atoms with Gasteiger partial charge in [0.15, 0.2) is 6.20 Å². The number of hydrogen-bond acceptors (Lipinski definition) is 5. The largest absolute Gasteiger partial charge is 0.618 e. The molecule has 1 atom stereocenters. The minimum Gasteiger partial charge on any atom is -0.618 e. The molecule has 0 fully saturated rings. The molecule has 5 rings (SSSR count). The molecule has 0 aliphatic carbocycles. The summed E-state index contributed by atoms with van der Waals surface area (Å²) in [5.41, 5.74) is 4.55. The molecule has 9 nitrogen and oxygen atoms in total. The molecular weight excluding hydrogens is 504 g/mol. The Balaban J connectivity index is 1.54. The van der Waals surface area contributed by atoms with Crippen LogP contribution in [0, 0.1) is 16.5 Å². The molecule has 0 saturated carbocycles. The third kappa shape index (κ3) is 4.98. The summed E-state index contributed by atoms with van der Waals surface area (Å²) < 4.78 is 4.19. The van der Waals surface area contributed by atoms with Gasteiger partial charge < -0.3 is 10.3 Å². The highest BCUT2D eigenvalue weighted by Gasteiger charge is 2.25. The van der Waals surface area contributed by atoms with Crippen LogP contribution < -0.4 is 4.73 Å². The molecule has 0 radical (unpaired) electrons. The Bertz CT molecular complexity index is 1680. The highest BCUT2D eigenvalue weighted by atomic mass is 35.5. The lowest BCUT2D eigenvalue weighted by Gasteiger charge is -2.17. The van der Waals surface area contributed by atoms with Gasteiger partial charge in [-0.25, -0.2) is 4.79 Å². The van der Waals surface area contributed by atoms with Crippen molar-refractivity contribution in [1.82, 2.24) is 19.6 Å². The summed E-state index contributed by atoms with van der Waals surface area (Å²) in [7, 11) is 1.83. The second kappa shape index (κ2) is 10.2. The van der Waals surface area contributed by atoms with Crippen LogP contribution in [0.2, 0.25) is 5.02 Å². The van der Waals surface area contributed by atoms with Crippen molar-refractivity contribution < 1.29 is 14.6 Å². The Morgan fingerprint density at radius 1 is 1.13 bits per heavy atom. The van der Waals surface area contributed by atoms with Gasteiger partial charge in [-0.2, -0.15) is 20.2 Å². The molecule has 188 valence electrons. The van der Waals surface area contributed by atoms with E-state index in [0.29, 0.717) is 33.8 Å². The highest BCUT2D eigenvalue weighted by Crippen LogP contribution is 2.29. The third-order valence-corrected chi connectivity index (χ3v) is 6.49. The molecule has 2 aromatic carbocycles. The van der Waals surface area contributed by atoms with Gasteiger partial charge in [-0.1, -0.05) is 23.7 Å². The predicted molar refractivity (Wildman–Crippen MR) is 140 cm³/mol. The van der Waals surface area contributed by atoms with Gasteiger partial charge in [-0.15, -0.1) is 0 Å². The van der Waals surface area contributed by atoms with Crippen molar-refractivity contribution in [2.75, 3.05) is 0 Å². The standard InChI is InChI=1S/C28H21ClN6O3/c1-33-11-10-24(32-33)13-27(34-16-22(15-31-34)18-2-4-19(5-3-18)28(36)37)26-9-7-21(17-35(26)38)25-12-23(29)8-6-20(25)14-30/h2-12,15-17,27H,13H2,1H3,(H,36,37)/t27-/m1/s1. The molecule has 0 unspecified atom stereocenters. The molecule has 0 aliphatic heterocycles. The van der Waals surface area contributed by atoms with Crippen molar-refractivity contribution in [3.05, 3.63) is 118 Å². The van der Waals surface area contributed by atoms with Gasteiger partial charge in [-0.05, 0) is 48.0 Å². The van der Waals surface area contributed by atoms with E-state index in [1.165, 1.54) is 18.3 Å².